The fourth-order valence-corrected chi connectivity index (χ4v) is 6.28. The van der Waals surface area contributed by atoms with Crippen LogP contribution in [-0.4, -0.2) is 40.9 Å². The van der Waals surface area contributed by atoms with Gasteiger partial charge >= 0.3 is 0 Å². The lowest BCUT2D eigenvalue weighted by Crippen LogP contribution is -2.46. The summed E-state index contributed by atoms with van der Waals surface area (Å²) in [6.45, 7) is 13.6. The fraction of sp³-hybridized carbons (Fsp3) is 0.667. The van der Waals surface area contributed by atoms with E-state index in [1.807, 2.05) is 0 Å². The SMILES string of the molecule is Cc1c(C(=O)NCC2(O)CCOCC2)cc(-c2cc(C(C)(C)C)cc(C3(C)CC3)c2)n1CC1CCCCC1. The molecule has 1 aliphatic heterocycles. The monoisotopic (exact) mass is 520 g/mol. The molecule has 2 aromatic rings. The van der Waals surface area contributed by atoms with E-state index in [0.717, 1.165) is 23.5 Å². The average molecular weight is 521 g/mol. The molecule has 38 heavy (non-hydrogen) atoms. The summed E-state index contributed by atoms with van der Waals surface area (Å²) in [5.74, 6) is 0.561. The van der Waals surface area contributed by atoms with Gasteiger partial charge in [0, 0.05) is 50.5 Å². The molecule has 0 unspecified atom stereocenters. The first kappa shape index (κ1) is 27.5. The molecule has 5 nitrogen and oxygen atoms in total. The fourth-order valence-electron chi connectivity index (χ4n) is 6.28. The van der Waals surface area contributed by atoms with Gasteiger partial charge in [0.25, 0.3) is 5.91 Å². The normalized spacial score (nSPS) is 21.3. The molecule has 5 rings (SSSR count). The summed E-state index contributed by atoms with van der Waals surface area (Å²) >= 11 is 0. The topological polar surface area (TPSA) is 63.5 Å². The number of amides is 1. The van der Waals surface area contributed by atoms with Gasteiger partial charge in [-0.2, -0.15) is 0 Å². The number of carbonyl (C=O) groups is 1. The van der Waals surface area contributed by atoms with E-state index in [9.17, 15) is 9.90 Å². The van der Waals surface area contributed by atoms with Gasteiger partial charge in [-0.05, 0) is 84.2 Å². The van der Waals surface area contributed by atoms with Crippen LogP contribution in [0.3, 0.4) is 0 Å². The molecule has 5 heteroatoms. The Morgan fingerprint density at radius 1 is 1.05 bits per heavy atom. The van der Waals surface area contributed by atoms with E-state index in [4.69, 9.17) is 4.74 Å². The van der Waals surface area contributed by atoms with Crippen LogP contribution in [0.5, 0.6) is 0 Å². The van der Waals surface area contributed by atoms with Crippen LogP contribution in [0.1, 0.15) is 113 Å². The van der Waals surface area contributed by atoms with Crippen molar-refractivity contribution in [3.63, 3.8) is 0 Å². The second kappa shape index (κ2) is 10.5. The predicted octanol–water partition coefficient (Wildman–Crippen LogP) is 6.66. The first-order chi connectivity index (χ1) is 18.0. The van der Waals surface area contributed by atoms with Crippen LogP contribution in [0.2, 0.25) is 0 Å². The first-order valence-electron chi connectivity index (χ1n) is 14.9. The van der Waals surface area contributed by atoms with E-state index < -0.39 is 5.60 Å². The van der Waals surface area contributed by atoms with Gasteiger partial charge < -0.3 is 19.7 Å². The quantitative estimate of drug-likeness (QED) is 0.429. The largest absolute Gasteiger partial charge is 0.388 e. The Hall–Kier alpha value is -2.11. The number of ether oxygens (including phenoxy) is 1. The lowest BCUT2D eigenvalue weighted by Gasteiger charge is -2.32. The van der Waals surface area contributed by atoms with Crippen LogP contribution in [0.25, 0.3) is 11.3 Å². The summed E-state index contributed by atoms with van der Waals surface area (Å²) in [4.78, 5) is 13.5. The van der Waals surface area contributed by atoms with Gasteiger partial charge in [0.2, 0.25) is 0 Å². The third-order valence-corrected chi connectivity index (χ3v) is 9.57. The van der Waals surface area contributed by atoms with Crippen LogP contribution in [0.15, 0.2) is 24.3 Å². The van der Waals surface area contributed by atoms with Gasteiger partial charge in [-0.3, -0.25) is 4.79 Å². The van der Waals surface area contributed by atoms with Gasteiger partial charge in [-0.25, -0.2) is 0 Å². The summed E-state index contributed by atoms with van der Waals surface area (Å²) in [6, 6.07) is 9.27. The molecule has 2 heterocycles. The molecule has 208 valence electrons. The zero-order chi connectivity index (χ0) is 27.1. The Bertz CT molecular complexity index is 1130. The van der Waals surface area contributed by atoms with E-state index in [1.165, 1.54) is 61.6 Å². The maximum atomic E-state index is 13.5. The van der Waals surface area contributed by atoms with Gasteiger partial charge in [0.15, 0.2) is 0 Å². The third kappa shape index (κ3) is 5.89. The highest BCUT2D eigenvalue weighted by Gasteiger charge is 2.40. The second-order valence-corrected chi connectivity index (χ2v) is 13.8. The molecule has 0 bridgehead atoms. The van der Waals surface area contributed by atoms with Crippen LogP contribution in [0, 0.1) is 12.8 Å². The molecule has 0 spiro atoms. The molecule has 1 saturated heterocycles. The van der Waals surface area contributed by atoms with Crippen molar-refractivity contribution in [3.8, 4) is 11.3 Å². The average Bonchev–Trinajstić information content (AvgIpc) is 3.57. The summed E-state index contributed by atoms with van der Waals surface area (Å²) in [7, 11) is 0. The van der Waals surface area contributed by atoms with E-state index in [1.54, 1.807) is 0 Å². The van der Waals surface area contributed by atoms with Crippen molar-refractivity contribution in [3.05, 3.63) is 46.6 Å². The maximum Gasteiger partial charge on any atom is 0.253 e. The molecule has 1 aromatic heterocycles. The molecular formula is C33H48N2O3. The Kier molecular flexibility index (Phi) is 7.56. The zero-order valence-corrected chi connectivity index (χ0v) is 24.3. The van der Waals surface area contributed by atoms with Gasteiger partial charge in [-0.15, -0.1) is 0 Å². The summed E-state index contributed by atoms with van der Waals surface area (Å²) in [5.41, 5.74) is 6.35. The van der Waals surface area contributed by atoms with E-state index in [0.29, 0.717) is 32.0 Å². The van der Waals surface area contributed by atoms with E-state index >= 15 is 0 Å². The minimum absolute atomic E-state index is 0.0468. The molecule has 3 fully saturated rings. The number of aliphatic hydroxyl groups is 1. The standard InChI is InChI=1S/C33H48N2O3/c1-23-28(30(36)34-22-33(37)13-15-38-16-14-33)20-29(35(23)21-24-9-7-6-8-10-24)25-17-26(31(2,3)4)19-27(18-25)32(5)11-12-32/h17-20,24,37H,6-16,21-22H2,1-5H3,(H,34,36). The smallest absolute Gasteiger partial charge is 0.253 e. The van der Waals surface area contributed by atoms with E-state index in [2.05, 4.69) is 68.8 Å². The molecule has 3 aliphatic rings. The van der Waals surface area contributed by atoms with Crippen LogP contribution >= 0.6 is 0 Å². The minimum atomic E-state index is -0.884. The van der Waals surface area contributed by atoms with Gasteiger partial charge in [0.1, 0.15) is 0 Å². The van der Waals surface area contributed by atoms with Crippen molar-refractivity contribution in [2.24, 2.45) is 5.92 Å². The van der Waals surface area contributed by atoms with Crippen molar-refractivity contribution in [1.82, 2.24) is 9.88 Å². The number of rotatable bonds is 7. The lowest BCUT2D eigenvalue weighted by atomic mass is 9.82. The van der Waals surface area contributed by atoms with Gasteiger partial charge in [-0.1, -0.05) is 53.0 Å². The Morgan fingerprint density at radius 3 is 2.37 bits per heavy atom. The number of hydrogen-bond acceptors (Lipinski definition) is 3. The van der Waals surface area contributed by atoms with Crippen molar-refractivity contribution in [1.29, 1.82) is 0 Å². The molecule has 2 aliphatic carbocycles. The molecular weight excluding hydrogens is 472 g/mol. The van der Waals surface area contributed by atoms with Crippen molar-refractivity contribution >= 4 is 5.91 Å². The van der Waals surface area contributed by atoms with E-state index in [-0.39, 0.29) is 23.3 Å². The van der Waals surface area contributed by atoms with Crippen molar-refractivity contribution in [2.45, 2.75) is 115 Å². The molecule has 1 aromatic carbocycles. The summed E-state index contributed by atoms with van der Waals surface area (Å²) < 4.78 is 7.84. The molecule has 0 radical (unpaired) electrons. The molecule has 1 amide bonds. The highest BCUT2D eigenvalue weighted by atomic mass is 16.5. The van der Waals surface area contributed by atoms with Crippen LogP contribution < -0.4 is 5.32 Å². The number of aromatic nitrogens is 1. The number of nitrogens with zero attached hydrogens (tertiary/aromatic N) is 1. The predicted molar refractivity (Wildman–Crippen MR) is 154 cm³/mol. The second-order valence-electron chi connectivity index (χ2n) is 13.8. The summed E-state index contributed by atoms with van der Waals surface area (Å²) in [5, 5.41) is 14.0. The van der Waals surface area contributed by atoms with Crippen LogP contribution in [0.4, 0.5) is 0 Å². The van der Waals surface area contributed by atoms with Crippen molar-refractivity contribution < 1.29 is 14.6 Å². The number of nitrogens with one attached hydrogen (secondary N) is 1. The Balaban J connectivity index is 1.52. The first-order valence-corrected chi connectivity index (χ1v) is 14.9. The van der Waals surface area contributed by atoms with Crippen LogP contribution in [-0.2, 0) is 22.1 Å². The molecule has 2 N–H and O–H groups in total. The lowest BCUT2D eigenvalue weighted by molar-refractivity contribution is -0.0605. The van der Waals surface area contributed by atoms with Crippen molar-refractivity contribution in [2.75, 3.05) is 19.8 Å². The highest BCUT2D eigenvalue weighted by molar-refractivity contribution is 5.97. The minimum Gasteiger partial charge on any atom is -0.388 e. The summed E-state index contributed by atoms with van der Waals surface area (Å²) in [6.07, 6.45) is 10.1. The number of hydrogen-bond donors (Lipinski definition) is 2. The Morgan fingerprint density at radius 2 is 1.74 bits per heavy atom. The number of benzene rings is 1. The third-order valence-electron chi connectivity index (χ3n) is 9.57. The van der Waals surface area contributed by atoms with Gasteiger partial charge in [0.05, 0.1) is 11.2 Å². The molecule has 2 saturated carbocycles. The number of carbonyl (C=O) groups excluding carboxylic acids is 1. The highest BCUT2D eigenvalue weighted by Crippen LogP contribution is 2.49. The molecule has 0 atom stereocenters. The Labute approximate surface area is 229 Å². The zero-order valence-electron chi connectivity index (χ0n) is 24.3. The maximum absolute atomic E-state index is 13.5.